The van der Waals surface area contributed by atoms with E-state index in [1.165, 1.54) is 54.1 Å². The van der Waals surface area contributed by atoms with Crippen LogP contribution >= 0.6 is 11.8 Å². The average Bonchev–Trinajstić information content (AvgIpc) is 3.64. The Labute approximate surface area is 364 Å². The van der Waals surface area contributed by atoms with Crippen molar-refractivity contribution in [2.45, 2.75) is 21.2 Å². The first kappa shape index (κ1) is 35.2. The van der Waals surface area contributed by atoms with Crippen LogP contribution in [-0.2, 0) is 5.41 Å². The Morgan fingerprint density at radius 3 is 1.89 bits per heavy atom. The van der Waals surface area contributed by atoms with Gasteiger partial charge in [-0.05, 0) is 103 Å². The number of aromatic nitrogens is 1. The van der Waals surface area contributed by atoms with Crippen molar-refractivity contribution >= 4 is 50.5 Å². The zero-order chi connectivity index (χ0) is 40.8. The Hall–Kier alpha value is -7.53. The number of pyridine rings is 1. The summed E-state index contributed by atoms with van der Waals surface area (Å²) < 4.78 is 0. The van der Waals surface area contributed by atoms with Crippen LogP contribution in [0.1, 0.15) is 39.4 Å². The molecule has 13 rings (SSSR count). The summed E-state index contributed by atoms with van der Waals surface area (Å²) in [5, 5.41) is 7.36. The quantitative estimate of drug-likeness (QED) is 0.180. The molecule has 0 saturated heterocycles. The number of hydrogen-bond acceptors (Lipinski definition) is 4. The standard InChI is InChI=1S/C58H37N3S/c1-3-16-36(17-4-1)56-57(37-18-5-2-6-19-37)61-52-33-39(30-31-51(52)60-56)38-20-15-21-40(32-38)55-45-35-54-49(34-44(45)43-24-9-13-28-50(43)59-55)58(48-27-12-14-29-53(48)62-54)46-25-10-7-22-41(46)42-23-8-11-26-47(42)58/h1-35,56,60H. The van der Waals surface area contributed by atoms with Crippen molar-refractivity contribution in [1.82, 2.24) is 4.98 Å². The van der Waals surface area contributed by atoms with Gasteiger partial charge in [-0.3, -0.25) is 0 Å². The minimum atomic E-state index is -0.450. The fraction of sp³-hybridized carbons (Fsp3) is 0.0345. The van der Waals surface area contributed by atoms with Gasteiger partial charge in [0.1, 0.15) is 0 Å². The molecule has 1 spiro atoms. The molecule has 4 heteroatoms. The van der Waals surface area contributed by atoms with Crippen LogP contribution < -0.4 is 5.32 Å². The van der Waals surface area contributed by atoms with Crippen molar-refractivity contribution < 1.29 is 0 Å². The number of aliphatic imine (C=N–C) groups is 1. The maximum absolute atomic E-state index is 5.47. The van der Waals surface area contributed by atoms with Crippen molar-refractivity contribution in [3.8, 4) is 33.5 Å². The van der Waals surface area contributed by atoms with E-state index in [0.29, 0.717) is 0 Å². The van der Waals surface area contributed by atoms with E-state index in [9.17, 15) is 0 Å². The summed E-state index contributed by atoms with van der Waals surface area (Å²) in [5.74, 6) is 0. The summed E-state index contributed by atoms with van der Waals surface area (Å²) in [5.41, 5.74) is 18.1. The molecule has 0 bridgehead atoms. The van der Waals surface area contributed by atoms with Crippen molar-refractivity contribution in [2.24, 2.45) is 4.99 Å². The minimum absolute atomic E-state index is 0.0574. The Bertz CT molecular complexity index is 3440. The Morgan fingerprint density at radius 2 is 1.08 bits per heavy atom. The predicted molar refractivity (Wildman–Crippen MR) is 257 cm³/mol. The average molecular weight is 808 g/mol. The molecule has 1 aliphatic carbocycles. The number of rotatable bonds is 4. The van der Waals surface area contributed by atoms with Crippen LogP contribution in [0.2, 0.25) is 0 Å². The SMILES string of the molecule is c1ccc(C2=Nc3cc(-c4cccc(-c5nc6ccccc6c6cc7c(cc56)Sc5ccccc5C75c6ccccc6-c6ccccc65)c4)ccc3NC2c2ccccc2)cc1. The van der Waals surface area contributed by atoms with Gasteiger partial charge in [0.05, 0.1) is 39.8 Å². The molecular weight excluding hydrogens is 771 g/mol. The van der Waals surface area contributed by atoms with E-state index in [1.54, 1.807) is 0 Å². The molecule has 3 heterocycles. The van der Waals surface area contributed by atoms with Crippen molar-refractivity contribution in [3.05, 3.63) is 246 Å². The third-order valence-electron chi connectivity index (χ3n) is 13.2. The van der Waals surface area contributed by atoms with Crippen molar-refractivity contribution in [3.63, 3.8) is 0 Å². The van der Waals surface area contributed by atoms with Crippen LogP contribution in [0.25, 0.3) is 55.2 Å². The first-order valence-electron chi connectivity index (χ1n) is 21.3. The van der Waals surface area contributed by atoms with Crippen LogP contribution in [0.5, 0.6) is 0 Å². The monoisotopic (exact) mass is 807 g/mol. The van der Waals surface area contributed by atoms with Crippen LogP contribution in [0.4, 0.5) is 11.4 Å². The molecule has 1 unspecified atom stereocenters. The zero-order valence-electron chi connectivity index (χ0n) is 33.6. The van der Waals surface area contributed by atoms with Gasteiger partial charge in [0.2, 0.25) is 0 Å². The summed E-state index contributed by atoms with van der Waals surface area (Å²) >= 11 is 1.88. The highest BCUT2D eigenvalue weighted by atomic mass is 32.2. The van der Waals surface area contributed by atoms with E-state index in [2.05, 4.69) is 218 Å². The lowest BCUT2D eigenvalue weighted by Gasteiger charge is -2.40. The topological polar surface area (TPSA) is 37.3 Å². The molecule has 3 nitrogen and oxygen atoms in total. The van der Waals surface area contributed by atoms with Crippen molar-refractivity contribution in [1.29, 1.82) is 0 Å². The molecule has 0 fully saturated rings. The summed E-state index contributed by atoms with van der Waals surface area (Å²) in [7, 11) is 0. The minimum Gasteiger partial charge on any atom is -0.371 e. The molecule has 10 aromatic rings. The Morgan fingerprint density at radius 1 is 0.435 bits per heavy atom. The molecule has 62 heavy (non-hydrogen) atoms. The van der Waals surface area contributed by atoms with Gasteiger partial charge in [-0.15, -0.1) is 0 Å². The summed E-state index contributed by atoms with van der Waals surface area (Å²) in [4.78, 5) is 13.4. The maximum Gasteiger partial charge on any atom is 0.0947 e. The summed E-state index contributed by atoms with van der Waals surface area (Å²) in [6.07, 6.45) is 0. The fourth-order valence-electron chi connectivity index (χ4n) is 10.4. The summed E-state index contributed by atoms with van der Waals surface area (Å²) in [6, 6.07) is 77.2. The maximum atomic E-state index is 5.47. The second kappa shape index (κ2) is 13.8. The predicted octanol–water partition coefficient (Wildman–Crippen LogP) is 14.8. The fourth-order valence-corrected chi connectivity index (χ4v) is 11.7. The largest absolute Gasteiger partial charge is 0.371 e. The van der Waals surface area contributed by atoms with E-state index in [1.807, 2.05) is 11.8 Å². The normalized spacial score (nSPS) is 15.2. The number of fused-ring (bicyclic) bond motifs is 13. The van der Waals surface area contributed by atoms with E-state index < -0.39 is 5.41 Å². The highest BCUT2D eigenvalue weighted by Crippen LogP contribution is 2.62. The van der Waals surface area contributed by atoms with E-state index in [0.717, 1.165) is 61.3 Å². The van der Waals surface area contributed by atoms with Gasteiger partial charge in [-0.2, -0.15) is 0 Å². The lowest BCUT2D eigenvalue weighted by atomic mass is 9.67. The number of nitrogens with one attached hydrogen (secondary N) is 1. The lowest BCUT2D eigenvalue weighted by Crippen LogP contribution is -2.32. The van der Waals surface area contributed by atoms with E-state index >= 15 is 0 Å². The molecule has 1 N–H and O–H groups in total. The summed E-state index contributed by atoms with van der Waals surface area (Å²) in [6.45, 7) is 0. The molecule has 290 valence electrons. The van der Waals surface area contributed by atoms with Gasteiger partial charge in [0.25, 0.3) is 0 Å². The zero-order valence-corrected chi connectivity index (χ0v) is 34.4. The van der Waals surface area contributed by atoms with E-state index in [-0.39, 0.29) is 6.04 Å². The van der Waals surface area contributed by atoms with Crippen LogP contribution in [-0.4, -0.2) is 10.7 Å². The second-order valence-corrected chi connectivity index (χ2v) is 17.6. The molecule has 1 atom stereocenters. The van der Waals surface area contributed by atoms with E-state index in [4.69, 9.17) is 9.98 Å². The first-order valence-corrected chi connectivity index (χ1v) is 22.1. The molecule has 0 radical (unpaired) electrons. The molecule has 1 aromatic heterocycles. The number of nitrogens with zero attached hydrogens (tertiary/aromatic N) is 2. The first-order chi connectivity index (χ1) is 30.7. The molecule has 9 aromatic carbocycles. The third-order valence-corrected chi connectivity index (χ3v) is 14.3. The van der Waals surface area contributed by atoms with Crippen LogP contribution in [0.15, 0.2) is 227 Å². The Kier molecular flexibility index (Phi) is 7.82. The smallest absolute Gasteiger partial charge is 0.0947 e. The third kappa shape index (κ3) is 5.20. The molecular formula is C58H37N3S. The second-order valence-electron chi connectivity index (χ2n) is 16.5. The molecule has 0 amide bonds. The molecule has 3 aliphatic rings. The number of hydrogen-bond donors (Lipinski definition) is 1. The van der Waals surface area contributed by atoms with Gasteiger partial charge in [-0.1, -0.05) is 182 Å². The Balaban J connectivity index is 0.987. The lowest BCUT2D eigenvalue weighted by molar-refractivity contribution is 0.724. The van der Waals surface area contributed by atoms with Gasteiger partial charge >= 0.3 is 0 Å². The van der Waals surface area contributed by atoms with Crippen LogP contribution in [0, 0.1) is 0 Å². The van der Waals surface area contributed by atoms with Gasteiger partial charge in [0.15, 0.2) is 0 Å². The molecule has 0 saturated carbocycles. The van der Waals surface area contributed by atoms with Gasteiger partial charge < -0.3 is 5.32 Å². The number of anilines is 1. The van der Waals surface area contributed by atoms with Crippen LogP contribution in [0.3, 0.4) is 0 Å². The number of benzene rings is 9. The highest BCUT2D eigenvalue weighted by Gasteiger charge is 2.50. The molecule has 2 aliphatic heterocycles. The highest BCUT2D eigenvalue weighted by molar-refractivity contribution is 7.99. The number of para-hydroxylation sites is 1. The van der Waals surface area contributed by atoms with Gasteiger partial charge in [-0.25, -0.2) is 9.98 Å². The van der Waals surface area contributed by atoms with Crippen molar-refractivity contribution in [2.75, 3.05) is 5.32 Å². The van der Waals surface area contributed by atoms with Gasteiger partial charge in [0, 0.05) is 26.1 Å².